The summed E-state index contributed by atoms with van der Waals surface area (Å²) in [6.07, 6.45) is -5.39. The first kappa shape index (κ1) is 25.7. The molecule has 0 unspecified atom stereocenters. The van der Waals surface area contributed by atoms with E-state index in [1.54, 1.807) is 24.3 Å². The topological polar surface area (TPSA) is 135 Å². The van der Waals surface area contributed by atoms with Crippen LogP contribution in [0.3, 0.4) is 0 Å². The van der Waals surface area contributed by atoms with Crippen molar-refractivity contribution in [3.8, 4) is 23.0 Å². The number of nitrogens with zero attached hydrogens (tertiary/aromatic N) is 3. The van der Waals surface area contributed by atoms with Crippen molar-refractivity contribution in [2.75, 3.05) is 4.31 Å². The smallest absolute Gasteiger partial charge is 0.457 e. The maximum absolute atomic E-state index is 13.0. The van der Waals surface area contributed by atoms with Gasteiger partial charge < -0.3 is 14.5 Å². The van der Waals surface area contributed by atoms with Gasteiger partial charge in [0.25, 0.3) is 0 Å². The Morgan fingerprint density at radius 2 is 1.57 bits per heavy atom. The third-order valence-corrected chi connectivity index (χ3v) is 5.66. The summed E-state index contributed by atoms with van der Waals surface area (Å²) in [5.74, 6) is 0.0300. The Labute approximate surface area is 208 Å². The molecule has 10 nitrogen and oxygen atoms in total. The molecule has 37 heavy (non-hydrogen) atoms. The fourth-order valence-corrected chi connectivity index (χ4v) is 3.79. The largest absolute Gasteiger partial charge is 0.500 e. The van der Waals surface area contributed by atoms with Gasteiger partial charge in [0.05, 0.1) is 5.69 Å². The van der Waals surface area contributed by atoms with Gasteiger partial charge in [-0.1, -0.05) is 30.3 Å². The number of hydrogen-bond donors (Lipinski definition) is 2. The van der Waals surface area contributed by atoms with Gasteiger partial charge in [0.15, 0.2) is 0 Å². The molecule has 192 valence electrons. The van der Waals surface area contributed by atoms with Crippen LogP contribution < -0.4 is 14.4 Å². The summed E-state index contributed by atoms with van der Waals surface area (Å²) in [5.41, 5.74) is 0.00956. The number of rotatable bonds is 8. The number of ether oxygens (including phenoxy) is 1. The highest BCUT2D eigenvalue weighted by molar-refractivity contribution is 7.87. The average molecular weight is 534 g/mol. The predicted octanol–water partition coefficient (Wildman–Crippen LogP) is 4.59. The van der Waals surface area contributed by atoms with Crippen molar-refractivity contribution in [1.29, 1.82) is 0 Å². The predicted molar refractivity (Wildman–Crippen MR) is 124 cm³/mol. The highest BCUT2D eigenvalue weighted by atomic mass is 32.2. The zero-order valence-electron chi connectivity index (χ0n) is 18.6. The minimum Gasteiger partial charge on any atom is -0.457 e. The molecule has 0 saturated heterocycles. The molecule has 0 saturated carbocycles. The number of carbonyl (C=O) groups excluding carboxylic acids is 1. The molecular weight excluding hydrogens is 517 g/mol. The van der Waals surface area contributed by atoms with Gasteiger partial charge in [-0.25, -0.2) is 0 Å². The van der Waals surface area contributed by atoms with Crippen LogP contribution in [0.15, 0.2) is 83.3 Å². The second-order valence-corrected chi connectivity index (χ2v) is 8.67. The Kier molecular flexibility index (Phi) is 7.13. The van der Waals surface area contributed by atoms with Crippen molar-refractivity contribution in [3.05, 3.63) is 90.3 Å². The lowest BCUT2D eigenvalue weighted by Crippen LogP contribution is -2.42. The number of benzene rings is 3. The van der Waals surface area contributed by atoms with Crippen molar-refractivity contribution in [2.45, 2.75) is 12.8 Å². The van der Waals surface area contributed by atoms with Crippen LogP contribution in [-0.2, 0) is 16.8 Å². The summed E-state index contributed by atoms with van der Waals surface area (Å²) in [6, 6.07) is 19.9. The Balaban J connectivity index is 1.38. The van der Waals surface area contributed by atoms with Gasteiger partial charge >= 0.3 is 28.4 Å². The van der Waals surface area contributed by atoms with E-state index in [-0.39, 0.29) is 18.0 Å². The van der Waals surface area contributed by atoms with E-state index in [0.29, 0.717) is 11.5 Å². The number of hydrogen-bond acceptors (Lipinski definition) is 7. The van der Waals surface area contributed by atoms with Crippen molar-refractivity contribution >= 4 is 21.9 Å². The lowest BCUT2D eigenvalue weighted by molar-refractivity contribution is -0.116. The average Bonchev–Trinajstić information content (AvgIpc) is 3.33. The highest BCUT2D eigenvalue weighted by Crippen LogP contribution is 2.32. The second kappa shape index (κ2) is 10.3. The Bertz CT molecular complexity index is 1480. The summed E-state index contributed by atoms with van der Waals surface area (Å²) < 4.78 is 80.1. The van der Waals surface area contributed by atoms with Crippen LogP contribution in [0.25, 0.3) is 11.5 Å². The maximum atomic E-state index is 13.0. The van der Waals surface area contributed by atoms with Crippen molar-refractivity contribution < 1.29 is 40.1 Å². The quantitative estimate of drug-likeness (QED) is 0.248. The fourth-order valence-electron chi connectivity index (χ4n) is 3.14. The van der Waals surface area contributed by atoms with Crippen molar-refractivity contribution in [1.82, 2.24) is 15.5 Å². The van der Waals surface area contributed by atoms with Crippen LogP contribution in [0.5, 0.6) is 11.5 Å². The summed E-state index contributed by atoms with van der Waals surface area (Å²) in [4.78, 5) is 12.4. The number of anilines is 1. The maximum Gasteiger partial charge on any atom is 0.500 e. The van der Waals surface area contributed by atoms with Crippen LogP contribution in [0, 0.1) is 0 Å². The molecule has 1 amide bonds. The number of nitrogens with one attached hydrogen (secondary N) is 1. The van der Waals surface area contributed by atoms with Crippen molar-refractivity contribution in [3.63, 3.8) is 0 Å². The first-order valence-electron chi connectivity index (χ1n) is 10.4. The number of alkyl halides is 3. The lowest BCUT2D eigenvalue weighted by Gasteiger charge is -2.22. The first-order chi connectivity index (χ1) is 17.5. The third kappa shape index (κ3) is 6.42. The van der Waals surface area contributed by atoms with E-state index in [9.17, 15) is 26.4 Å². The molecule has 0 radical (unpaired) electrons. The van der Waals surface area contributed by atoms with Gasteiger partial charge in [0.2, 0.25) is 5.89 Å². The minimum absolute atomic E-state index is 0.113. The van der Waals surface area contributed by atoms with Crippen LogP contribution in [0.2, 0.25) is 0 Å². The van der Waals surface area contributed by atoms with Gasteiger partial charge in [0, 0.05) is 12.1 Å². The highest BCUT2D eigenvalue weighted by Gasteiger charge is 2.45. The number of para-hydroxylation sites is 1. The molecule has 0 aliphatic rings. The molecular formula is C23H17F3N4O6S. The molecule has 0 fully saturated rings. The number of aromatic nitrogens is 2. The van der Waals surface area contributed by atoms with Gasteiger partial charge in [0.1, 0.15) is 11.5 Å². The summed E-state index contributed by atoms with van der Waals surface area (Å²) in [6.45, 7) is 0.139. The molecule has 0 spiro atoms. The molecule has 2 N–H and O–H groups in total. The molecule has 14 heteroatoms. The molecule has 0 aliphatic carbocycles. The van der Waals surface area contributed by atoms with E-state index in [0.717, 1.165) is 29.8 Å². The van der Waals surface area contributed by atoms with Gasteiger partial charge in [-0.15, -0.1) is 23.4 Å². The molecule has 0 atom stereocenters. The van der Waals surface area contributed by atoms with E-state index in [2.05, 4.69) is 15.5 Å². The van der Waals surface area contributed by atoms with Crippen molar-refractivity contribution in [2.24, 2.45) is 0 Å². The molecule has 0 aliphatic heterocycles. The van der Waals surface area contributed by atoms with E-state index < -0.39 is 38.4 Å². The zero-order chi connectivity index (χ0) is 26.6. The van der Waals surface area contributed by atoms with Crippen LogP contribution in [0.1, 0.15) is 16.2 Å². The Hall–Kier alpha value is -4.43. The number of carbonyl (C=O) groups is 1. The molecule has 4 rings (SSSR count). The fraction of sp³-hybridized carbons (Fsp3) is 0.0870. The second-order valence-electron chi connectivity index (χ2n) is 7.41. The Morgan fingerprint density at radius 3 is 2.16 bits per heavy atom. The number of halogens is 3. The molecule has 4 aromatic rings. The summed E-state index contributed by atoms with van der Waals surface area (Å²) >= 11 is 0. The van der Waals surface area contributed by atoms with Crippen LogP contribution in [0.4, 0.5) is 18.9 Å². The SMILES string of the molecule is O=C(NCc1ccc(Oc2ccccc2)cc1)c1nnc(-c2ccc(N(C(F)(F)F)S(=O)(=O)O)cc2)o1. The standard InChI is InChI=1S/C23H17F3N4O6S/c24-23(25,26)30(37(32,33)34)17-10-8-16(9-11-17)21-28-29-22(36-21)20(31)27-14-15-6-12-19(13-7-15)35-18-4-2-1-3-5-18/h1-13H,14H2,(H,27,31)(H,32,33,34). The molecule has 1 aromatic heterocycles. The lowest BCUT2D eigenvalue weighted by atomic mass is 10.2. The Morgan fingerprint density at radius 1 is 0.946 bits per heavy atom. The summed E-state index contributed by atoms with van der Waals surface area (Å²) in [7, 11) is -5.61. The zero-order valence-corrected chi connectivity index (χ0v) is 19.4. The molecule has 0 bridgehead atoms. The van der Waals surface area contributed by atoms with E-state index in [1.807, 2.05) is 30.3 Å². The van der Waals surface area contributed by atoms with Crippen LogP contribution in [-0.4, -0.2) is 35.4 Å². The van der Waals surface area contributed by atoms with E-state index >= 15 is 0 Å². The summed E-state index contributed by atoms with van der Waals surface area (Å²) in [5, 5.41) is 9.92. The number of amides is 1. The van der Waals surface area contributed by atoms with Gasteiger partial charge in [-0.05, 0) is 54.1 Å². The van der Waals surface area contributed by atoms with E-state index in [1.165, 1.54) is 0 Å². The first-order valence-corrected chi connectivity index (χ1v) is 11.8. The minimum atomic E-state index is -5.61. The molecule has 1 heterocycles. The van der Waals surface area contributed by atoms with Gasteiger partial charge in [-0.2, -0.15) is 12.7 Å². The monoisotopic (exact) mass is 534 g/mol. The van der Waals surface area contributed by atoms with Crippen LogP contribution >= 0.6 is 0 Å². The van der Waals surface area contributed by atoms with E-state index in [4.69, 9.17) is 13.7 Å². The third-order valence-electron chi connectivity index (χ3n) is 4.78. The molecule has 3 aromatic carbocycles. The normalized spacial score (nSPS) is 11.7. The van der Waals surface area contributed by atoms with Gasteiger partial charge in [-0.3, -0.25) is 9.35 Å².